The zero-order valence-corrected chi connectivity index (χ0v) is 12.5. The number of rotatable bonds is 2. The van der Waals surface area contributed by atoms with Crippen LogP contribution in [0.5, 0.6) is 0 Å². The van der Waals surface area contributed by atoms with Gasteiger partial charge in [-0.25, -0.2) is 0 Å². The van der Waals surface area contributed by atoms with Gasteiger partial charge in [0.05, 0.1) is 10.6 Å². The second-order valence-corrected chi connectivity index (χ2v) is 5.99. The first kappa shape index (κ1) is 14.4. The molecule has 0 aliphatic carbocycles. The third-order valence-electron chi connectivity index (χ3n) is 4.11. The van der Waals surface area contributed by atoms with Gasteiger partial charge in [0.15, 0.2) is 0 Å². The van der Waals surface area contributed by atoms with E-state index in [-0.39, 0.29) is 11.4 Å². The second kappa shape index (κ2) is 5.51. The van der Waals surface area contributed by atoms with E-state index in [1.807, 2.05) is 37.1 Å². The van der Waals surface area contributed by atoms with Gasteiger partial charge in [-0.1, -0.05) is 17.7 Å². The van der Waals surface area contributed by atoms with E-state index in [1.165, 1.54) is 0 Å². The molecule has 3 nitrogen and oxygen atoms in total. The van der Waals surface area contributed by atoms with Crippen LogP contribution in [0.4, 0.5) is 0 Å². The van der Waals surface area contributed by atoms with Gasteiger partial charge in [-0.05, 0) is 51.4 Å². The molecule has 2 rings (SSSR count). The van der Waals surface area contributed by atoms with Gasteiger partial charge in [0, 0.05) is 18.6 Å². The van der Waals surface area contributed by atoms with Crippen LogP contribution >= 0.6 is 11.6 Å². The monoisotopic (exact) mass is 280 g/mol. The lowest BCUT2D eigenvalue weighted by atomic mass is 9.89. The summed E-state index contributed by atoms with van der Waals surface area (Å²) in [4.78, 5) is 14.4. The van der Waals surface area contributed by atoms with Crippen molar-refractivity contribution < 1.29 is 4.79 Å². The number of nitrogens with zero attached hydrogens (tertiary/aromatic N) is 1. The first-order valence-electron chi connectivity index (χ1n) is 6.69. The molecule has 1 saturated heterocycles. The van der Waals surface area contributed by atoms with Gasteiger partial charge >= 0.3 is 0 Å². The summed E-state index contributed by atoms with van der Waals surface area (Å²) in [5, 5.41) is 3.88. The van der Waals surface area contributed by atoms with Crippen molar-refractivity contribution in [3.63, 3.8) is 0 Å². The molecule has 0 spiro atoms. The molecule has 104 valence electrons. The number of amides is 1. The van der Waals surface area contributed by atoms with Crippen molar-refractivity contribution in [3.05, 3.63) is 34.3 Å². The maximum atomic E-state index is 12.5. The fourth-order valence-corrected chi connectivity index (χ4v) is 2.73. The van der Waals surface area contributed by atoms with Crippen molar-refractivity contribution in [1.29, 1.82) is 0 Å². The standard InChI is InChI=1S/C15H21ClN2O/c1-11-4-5-12(13(16)10-11)14(19)18-8-6-15(2,17-3)7-9-18/h4-5,10,17H,6-9H2,1-3H3. The Labute approximate surface area is 119 Å². The first-order valence-corrected chi connectivity index (χ1v) is 7.07. The molecule has 0 atom stereocenters. The Balaban J connectivity index is 2.09. The van der Waals surface area contributed by atoms with Gasteiger partial charge in [0.1, 0.15) is 0 Å². The molecule has 0 bridgehead atoms. The third-order valence-corrected chi connectivity index (χ3v) is 4.43. The molecule has 0 aromatic heterocycles. The van der Waals surface area contributed by atoms with E-state index >= 15 is 0 Å². The Kier molecular flexibility index (Phi) is 4.16. The van der Waals surface area contributed by atoms with Gasteiger partial charge in [-0.2, -0.15) is 0 Å². The topological polar surface area (TPSA) is 32.3 Å². The minimum Gasteiger partial charge on any atom is -0.338 e. The molecule has 1 heterocycles. The number of aryl methyl sites for hydroxylation is 1. The molecule has 1 fully saturated rings. The maximum absolute atomic E-state index is 12.5. The van der Waals surface area contributed by atoms with Crippen LogP contribution in [0, 0.1) is 6.92 Å². The zero-order chi connectivity index (χ0) is 14.0. The lowest BCUT2D eigenvalue weighted by Gasteiger charge is -2.39. The number of hydrogen-bond donors (Lipinski definition) is 1. The molecule has 1 aliphatic rings. The van der Waals surface area contributed by atoms with E-state index in [9.17, 15) is 4.79 Å². The molecule has 1 aliphatic heterocycles. The molecule has 19 heavy (non-hydrogen) atoms. The number of carbonyl (C=O) groups is 1. The van der Waals surface area contributed by atoms with Crippen molar-refractivity contribution >= 4 is 17.5 Å². The largest absolute Gasteiger partial charge is 0.338 e. The van der Waals surface area contributed by atoms with Crippen LogP contribution in [-0.2, 0) is 0 Å². The predicted molar refractivity (Wildman–Crippen MR) is 78.8 cm³/mol. The minimum absolute atomic E-state index is 0.0446. The smallest absolute Gasteiger partial charge is 0.255 e. The Morgan fingerprint density at radius 3 is 2.53 bits per heavy atom. The van der Waals surface area contributed by atoms with Gasteiger partial charge in [-0.15, -0.1) is 0 Å². The van der Waals surface area contributed by atoms with Crippen LogP contribution in [0.15, 0.2) is 18.2 Å². The molecule has 0 saturated carbocycles. The zero-order valence-electron chi connectivity index (χ0n) is 11.8. The van der Waals surface area contributed by atoms with Crippen molar-refractivity contribution in [2.75, 3.05) is 20.1 Å². The van der Waals surface area contributed by atoms with E-state index in [1.54, 1.807) is 0 Å². The van der Waals surface area contributed by atoms with Crippen molar-refractivity contribution in [2.24, 2.45) is 0 Å². The van der Waals surface area contributed by atoms with Gasteiger partial charge < -0.3 is 10.2 Å². The number of nitrogens with one attached hydrogen (secondary N) is 1. The van der Waals surface area contributed by atoms with Crippen LogP contribution in [0.2, 0.25) is 5.02 Å². The molecule has 1 N–H and O–H groups in total. The Bertz CT molecular complexity index is 479. The van der Waals surface area contributed by atoms with Crippen molar-refractivity contribution in [1.82, 2.24) is 10.2 Å². The highest BCUT2D eigenvalue weighted by Gasteiger charge is 2.31. The average molecular weight is 281 g/mol. The highest BCUT2D eigenvalue weighted by Crippen LogP contribution is 2.25. The van der Waals surface area contributed by atoms with Crippen molar-refractivity contribution in [3.8, 4) is 0 Å². The summed E-state index contributed by atoms with van der Waals surface area (Å²) in [5.74, 6) is 0.0446. The minimum atomic E-state index is 0.0446. The lowest BCUT2D eigenvalue weighted by molar-refractivity contribution is 0.0662. The molecule has 1 aromatic rings. The Morgan fingerprint density at radius 2 is 2.00 bits per heavy atom. The van der Waals surface area contributed by atoms with Crippen LogP contribution in [0.1, 0.15) is 35.7 Å². The Hall–Kier alpha value is -1.06. The molecule has 0 radical (unpaired) electrons. The summed E-state index contributed by atoms with van der Waals surface area (Å²) in [6, 6.07) is 5.60. The van der Waals surface area contributed by atoms with E-state index in [2.05, 4.69) is 12.2 Å². The number of halogens is 1. The summed E-state index contributed by atoms with van der Waals surface area (Å²) in [5.41, 5.74) is 1.83. The second-order valence-electron chi connectivity index (χ2n) is 5.59. The fraction of sp³-hybridized carbons (Fsp3) is 0.533. The summed E-state index contributed by atoms with van der Waals surface area (Å²) in [6.45, 7) is 5.73. The van der Waals surface area contributed by atoms with Gasteiger partial charge in [0.2, 0.25) is 0 Å². The number of benzene rings is 1. The number of likely N-dealkylation sites (tertiary alicyclic amines) is 1. The predicted octanol–water partition coefficient (Wildman–Crippen LogP) is 2.86. The van der Waals surface area contributed by atoms with E-state index in [4.69, 9.17) is 11.6 Å². The fourth-order valence-electron chi connectivity index (χ4n) is 2.42. The molecule has 1 aromatic carbocycles. The van der Waals surface area contributed by atoms with E-state index in [0.29, 0.717) is 10.6 Å². The molecular formula is C15H21ClN2O. The number of hydrogen-bond acceptors (Lipinski definition) is 2. The maximum Gasteiger partial charge on any atom is 0.255 e. The molecule has 0 unspecified atom stereocenters. The third kappa shape index (κ3) is 3.10. The van der Waals surface area contributed by atoms with Crippen LogP contribution in [-0.4, -0.2) is 36.5 Å². The average Bonchev–Trinajstić information content (AvgIpc) is 2.39. The lowest BCUT2D eigenvalue weighted by Crippen LogP contribution is -2.51. The Morgan fingerprint density at radius 1 is 1.37 bits per heavy atom. The SMILES string of the molecule is CNC1(C)CCN(C(=O)c2ccc(C)cc2Cl)CC1. The van der Waals surface area contributed by atoms with Crippen molar-refractivity contribution in [2.45, 2.75) is 32.2 Å². The highest BCUT2D eigenvalue weighted by atomic mass is 35.5. The van der Waals surface area contributed by atoms with Gasteiger partial charge in [0.25, 0.3) is 5.91 Å². The highest BCUT2D eigenvalue weighted by molar-refractivity contribution is 6.33. The quantitative estimate of drug-likeness (QED) is 0.903. The molecule has 1 amide bonds. The normalized spacial score (nSPS) is 18.4. The first-order chi connectivity index (χ1) is 8.95. The number of piperidine rings is 1. The summed E-state index contributed by atoms with van der Waals surface area (Å²) in [7, 11) is 1.98. The van der Waals surface area contributed by atoms with Crippen LogP contribution in [0.25, 0.3) is 0 Å². The molecular weight excluding hydrogens is 260 g/mol. The molecule has 4 heteroatoms. The van der Waals surface area contributed by atoms with Crippen LogP contribution in [0.3, 0.4) is 0 Å². The summed E-state index contributed by atoms with van der Waals surface area (Å²) < 4.78 is 0. The summed E-state index contributed by atoms with van der Waals surface area (Å²) >= 11 is 6.17. The number of carbonyl (C=O) groups excluding carboxylic acids is 1. The van der Waals surface area contributed by atoms with Gasteiger partial charge in [-0.3, -0.25) is 4.79 Å². The van der Waals surface area contributed by atoms with E-state index in [0.717, 1.165) is 31.5 Å². The summed E-state index contributed by atoms with van der Waals surface area (Å²) in [6.07, 6.45) is 1.94. The van der Waals surface area contributed by atoms with Crippen LogP contribution < -0.4 is 5.32 Å². The van der Waals surface area contributed by atoms with E-state index < -0.39 is 0 Å².